The van der Waals surface area contributed by atoms with E-state index in [4.69, 9.17) is 14.2 Å². The Hall–Kier alpha value is -1.85. The van der Waals surface area contributed by atoms with Gasteiger partial charge in [-0.25, -0.2) is 0 Å². The van der Waals surface area contributed by atoms with Gasteiger partial charge in [0.05, 0.1) is 18.9 Å². The average Bonchev–Trinajstić information content (AvgIpc) is 2.82. The fourth-order valence-electron chi connectivity index (χ4n) is 2.13. The maximum Gasteiger partial charge on any atom is 0.166 e. The molecule has 0 aliphatic heterocycles. The van der Waals surface area contributed by atoms with E-state index in [1.165, 1.54) is 0 Å². The molecule has 1 heterocycles. The molecule has 5 heteroatoms. The molecule has 1 aromatic heterocycles. The lowest BCUT2D eigenvalue weighted by Gasteiger charge is -2.08. The zero-order chi connectivity index (χ0) is 14.4. The monoisotopic (exact) mass is 277 g/mol. The summed E-state index contributed by atoms with van der Waals surface area (Å²) >= 11 is 0. The molecule has 20 heavy (non-hydrogen) atoms. The van der Waals surface area contributed by atoms with Crippen molar-refractivity contribution in [1.82, 2.24) is 4.57 Å². The molecule has 0 unspecified atom stereocenters. The molecule has 0 spiro atoms. The Morgan fingerprint density at radius 3 is 2.60 bits per heavy atom. The first-order chi connectivity index (χ1) is 9.80. The third-order valence-corrected chi connectivity index (χ3v) is 3.10. The summed E-state index contributed by atoms with van der Waals surface area (Å²) < 4.78 is 17.5. The third kappa shape index (κ3) is 3.18. The van der Waals surface area contributed by atoms with Crippen molar-refractivity contribution >= 4 is 17.2 Å². The van der Waals surface area contributed by atoms with Crippen molar-refractivity contribution in [2.24, 2.45) is 0 Å². The van der Waals surface area contributed by atoms with Crippen molar-refractivity contribution in [3.63, 3.8) is 0 Å². The van der Waals surface area contributed by atoms with Crippen LogP contribution in [0.3, 0.4) is 0 Å². The quantitative estimate of drug-likeness (QED) is 0.548. The molecule has 0 aliphatic carbocycles. The predicted molar refractivity (Wildman–Crippen MR) is 76.6 cm³/mol. The first kappa shape index (κ1) is 14.6. The van der Waals surface area contributed by atoms with Crippen LogP contribution in [0.1, 0.15) is 10.5 Å². The van der Waals surface area contributed by atoms with Crippen LogP contribution in [0.25, 0.3) is 10.9 Å². The van der Waals surface area contributed by atoms with Gasteiger partial charge in [-0.2, -0.15) is 0 Å². The van der Waals surface area contributed by atoms with Gasteiger partial charge in [-0.05, 0) is 24.3 Å². The predicted octanol–water partition coefficient (Wildman–Crippen LogP) is 2.13. The number of aldehydes is 1. The SMILES string of the molecule is COCCOc1ccc2c(c1)cc(C=O)n2CCOC. The normalized spacial score (nSPS) is 10.9. The maximum absolute atomic E-state index is 11.1. The first-order valence-electron chi connectivity index (χ1n) is 6.49. The summed E-state index contributed by atoms with van der Waals surface area (Å²) in [6, 6.07) is 7.65. The number of ether oxygens (including phenoxy) is 3. The molecule has 0 fully saturated rings. The van der Waals surface area contributed by atoms with Crippen LogP contribution < -0.4 is 4.74 Å². The van der Waals surface area contributed by atoms with Crippen LogP contribution in [0.4, 0.5) is 0 Å². The molecule has 2 aromatic rings. The smallest absolute Gasteiger partial charge is 0.166 e. The molecule has 5 nitrogen and oxygen atoms in total. The van der Waals surface area contributed by atoms with E-state index in [0.717, 1.165) is 22.9 Å². The van der Waals surface area contributed by atoms with E-state index in [2.05, 4.69) is 0 Å². The fraction of sp³-hybridized carbons (Fsp3) is 0.400. The number of benzene rings is 1. The Labute approximate surface area is 118 Å². The Kier molecular flexibility index (Phi) is 5.15. The van der Waals surface area contributed by atoms with Crippen molar-refractivity contribution in [2.75, 3.05) is 34.0 Å². The van der Waals surface area contributed by atoms with Crippen LogP contribution in [-0.4, -0.2) is 44.9 Å². The van der Waals surface area contributed by atoms with Gasteiger partial charge in [0.15, 0.2) is 6.29 Å². The molecule has 108 valence electrons. The van der Waals surface area contributed by atoms with Crippen LogP contribution in [0.2, 0.25) is 0 Å². The average molecular weight is 277 g/mol. The highest BCUT2D eigenvalue weighted by Crippen LogP contribution is 2.24. The highest BCUT2D eigenvalue weighted by molar-refractivity contribution is 5.89. The molecule has 0 radical (unpaired) electrons. The van der Waals surface area contributed by atoms with Crippen molar-refractivity contribution in [2.45, 2.75) is 6.54 Å². The maximum atomic E-state index is 11.1. The molecule has 0 saturated carbocycles. The number of hydrogen-bond acceptors (Lipinski definition) is 4. The number of rotatable bonds is 8. The Morgan fingerprint density at radius 2 is 1.90 bits per heavy atom. The highest BCUT2D eigenvalue weighted by atomic mass is 16.5. The van der Waals surface area contributed by atoms with E-state index in [0.29, 0.717) is 32.1 Å². The lowest BCUT2D eigenvalue weighted by Crippen LogP contribution is -2.07. The lowest BCUT2D eigenvalue weighted by molar-refractivity contribution is 0.111. The molecular formula is C15H19NO4. The van der Waals surface area contributed by atoms with E-state index < -0.39 is 0 Å². The van der Waals surface area contributed by atoms with Gasteiger partial charge in [-0.15, -0.1) is 0 Å². The summed E-state index contributed by atoms with van der Waals surface area (Å²) in [4.78, 5) is 11.1. The summed E-state index contributed by atoms with van der Waals surface area (Å²) in [5.74, 6) is 0.774. The van der Waals surface area contributed by atoms with Crippen molar-refractivity contribution in [1.29, 1.82) is 0 Å². The molecule has 0 atom stereocenters. The molecule has 0 saturated heterocycles. The van der Waals surface area contributed by atoms with Gasteiger partial charge in [-0.1, -0.05) is 0 Å². The van der Waals surface area contributed by atoms with Gasteiger partial charge < -0.3 is 18.8 Å². The second kappa shape index (κ2) is 7.07. The Bertz CT molecular complexity index is 577. The summed E-state index contributed by atoms with van der Waals surface area (Å²) in [5, 5.41) is 0.984. The van der Waals surface area contributed by atoms with Crippen LogP contribution in [-0.2, 0) is 16.0 Å². The Morgan fingerprint density at radius 1 is 1.10 bits per heavy atom. The molecule has 0 N–H and O–H groups in total. The van der Waals surface area contributed by atoms with Crippen LogP contribution in [0, 0.1) is 0 Å². The standard InChI is InChI=1S/C15H19NO4/c1-18-6-5-16-13(11-17)9-12-10-14(3-4-15(12)16)20-8-7-19-2/h3-4,9-11H,5-8H2,1-2H3. The van der Waals surface area contributed by atoms with Crippen LogP contribution >= 0.6 is 0 Å². The van der Waals surface area contributed by atoms with Crippen molar-refractivity contribution in [3.05, 3.63) is 30.0 Å². The summed E-state index contributed by atoms with van der Waals surface area (Å²) in [5.41, 5.74) is 1.65. The molecular weight excluding hydrogens is 258 g/mol. The van der Waals surface area contributed by atoms with E-state index in [1.54, 1.807) is 14.2 Å². The molecule has 1 aromatic carbocycles. The lowest BCUT2D eigenvalue weighted by atomic mass is 10.2. The van der Waals surface area contributed by atoms with Crippen LogP contribution in [0.5, 0.6) is 5.75 Å². The summed E-state index contributed by atoms with van der Waals surface area (Å²) in [6.07, 6.45) is 0.862. The van der Waals surface area contributed by atoms with E-state index >= 15 is 0 Å². The van der Waals surface area contributed by atoms with Crippen LogP contribution in [0.15, 0.2) is 24.3 Å². The molecule has 2 rings (SSSR count). The second-order valence-corrected chi connectivity index (χ2v) is 4.39. The van der Waals surface area contributed by atoms with Gasteiger partial charge >= 0.3 is 0 Å². The molecule has 0 bridgehead atoms. The van der Waals surface area contributed by atoms with Gasteiger partial charge in [-0.3, -0.25) is 4.79 Å². The highest BCUT2D eigenvalue weighted by Gasteiger charge is 2.09. The number of carbonyl (C=O) groups excluding carboxylic acids is 1. The number of fused-ring (bicyclic) bond motifs is 1. The first-order valence-corrected chi connectivity index (χ1v) is 6.49. The number of aromatic nitrogens is 1. The van der Waals surface area contributed by atoms with Gasteiger partial charge in [0.2, 0.25) is 0 Å². The molecule has 0 aliphatic rings. The third-order valence-electron chi connectivity index (χ3n) is 3.10. The minimum absolute atomic E-state index is 0.507. The van der Waals surface area contributed by atoms with Gasteiger partial charge in [0.1, 0.15) is 12.4 Å². The topological polar surface area (TPSA) is 49.7 Å². The number of nitrogens with zero attached hydrogens (tertiary/aromatic N) is 1. The largest absolute Gasteiger partial charge is 0.491 e. The second-order valence-electron chi connectivity index (χ2n) is 4.39. The Balaban J connectivity index is 2.26. The summed E-state index contributed by atoms with van der Waals surface area (Å²) in [6.45, 7) is 2.27. The minimum Gasteiger partial charge on any atom is -0.491 e. The fourth-order valence-corrected chi connectivity index (χ4v) is 2.13. The van der Waals surface area contributed by atoms with Gasteiger partial charge in [0.25, 0.3) is 0 Å². The van der Waals surface area contributed by atoms with E-state index in [1.807, 2.05) is 28.8 Å². The van der Waals surface area contributed by atoms with Gasteiger partial charge in [0, 0.05) is 31.7 Å². The van der Waals surface area contributed by atoms with Crippen molar-refractivity contribution in [3.8, 4) is 5.75 Å². The number of hydrogen-bond donors (Lipinski definition) is 0. The van der Waals surface area contributed by atoms with E-state index in [9.17, 15) is 4.79 Å². The number of methoxy groups -OCH3 is 2. The molecule has 0 amide bonds. The zero-order valence-corrected chi connectivity index (χ0v) is 11.8. The summed E-state index contributed by atoms with van der Waals surface area (Å²) in [7, 11) is 3.28. The number of carbonyl (C=O) groups is 1. The van der Waals surface area contributed by atoms with E-state index in [-0.39, 0.29) is 0 Å². The minimum atomic E-state index is 0.507. The zero-order valence-electron chi connectivity index (χ0n) is 11.8. The van der Waals surface area contributed by atoms with Crippen molar-refractivity contribution < 1.29 is 19.0 Å².